The number of halogens is 4. The van der Waals surface area contributed by atoms with Crippen LogP contribution in [-0.4, -0.2) is 41.8 Å². The summed E-state index contributed by atoms with van der Waals surface area (Å²) in [7, 11) is 0. The molecule has 2 rings (SSSR count). The molecule has 4 atom stereocenters. The molecule has 1 saturated heterocycles. The van der Waals surface area contributed by atoms with Gasteiger partial charge in [0.2, 0.25) is 6.30 Å². The average Bonchev–Trinajstić information content (AvgIpc) is 2.49. The van der Waals surface area contributed by atoms with Crippen LogP contribution < -0.4 is 5.73 Å². The van der Waals surface area contributed by atoms with Gasteiger partial charge in [-0.15, -0.1) is 0 Å². The molecule has 5 nitrogen and oxygen atoms in total. The first kappa shape index (κ1) is 18.4. The second kappa shape index (κ2) is 7.29. The Hall–Kier alpha value is -1.96. The van der Waals surface area contributed by atoms with Crippen molar-refractivity contribution in [3.8, 4) is 0 Å². The predicted molar refractivity (Wildman–Crippen MR) is 80.5 cm³/mol. The molecule has 0 radical (unpaired) electrons. The zero-order chi connectivity index (χ0) is 18.0. The van der Waals surface area contributed by atoms with Gasteiger partial charge in [-0.2, -0.15) is 0 Å². The highest BCUT2D eigenvalue weighted by Gasteiger charge is 2.47. The van der Waals surface area contributed by atoms with Crippen LogP contribution in [-0.2, 0) is 9.53 Å². The van der Waals surface area contributed by atoms with Gasteiger partial charge < -0.3 is 15.4 Å². The third-order valence-electron chi connectivity index (χ3n) is 4.03. The van der Waals surface area contributed by atoms with E-state index in [-0.39, 0.29) is 6.42 Å². The first-order valence-electron chi connectivity index (χ1n) is 7.18. The number of amides is 2. The van der Waals surface area contributed by atoms with Crippen molar-refractivity contribution < 1.29 is 27.5 Å². The minimum atomic E-state index is -3.39. The summed E-state index contributed by atoms with van der Waals surface area (Å²) >= 11 is 5.93. The van der Waals surface area contributed by atoms with Crippen molar-refractivity contribution >= 4 is 23.6 Å². The van der Waals surface area contributed by atoms with E-state index in [0.717, 1.165) is 0 Å². The summed E-state index contributed by atoms with van der Waals surface area (Å²) in [6.45, 7) is 1.46. The zero-order valence-electron chi connectivity index (χ0n) is 12.7. The van der Waals surface area contributed by atoms with E-state index in [2.05, 4.69) is 0 Å². The number of nitrogens with zero attached hydrogens (tertiary/aromatic N) is 1. The molecule has 0 saturated carbocycles. The number of piperidine rings is 1. The molecule has 0 aromatic heterocycles. The number of carbonyl (C=O) groups is 2. The summed E-state index contributed by atoms with van der Waals surface area (Å²) in [5.41, 5.74) is 5.53. The predicted octanol–water partition coefficient (Wildman–Crippen LogP) is 3.07. The van der Waals surface area contributed by atoms with Crippen LogP contribution in [0, 0.1) is 0 Å². The molecule has 2 N–H and O–H groups in total. The van der Waals surface area contributed by atoms with Crippen LogP contribution in [0.5, 0.6) is 0 Å². The van der Waals surface area contributed by atoms with Crippen molar-refractivity contribution in [1.82, 2.24) is 4.90 Å². The lowest BCUT2D eigenvalue weighted by Crippen LogP contribution is -2.58. The van der Waals surface area contributed by atoms with Crippen molar-refractivity contribution in [2.24, 2.45) is 5.73 Å². The van der Waals surface area contributed by atoms with Gasteiger partial charge >= 0.3 is 6.09 Å². The van der Waals surface area contributed by atoms with Crippen LogP contribution in [0.3, 0.4) is 0 Å². The van der Waals surface area contributed by atoms with Gasteiger partial charge in [0.15, 0.2) is 6.10 Å². The largest absolute Gasteiger partial charge is 0.436 e. The maximum absolute atomic E-state index is 13.9. The number of hydrogen-bond donors (Lipinski definition) is 1. The number of rotatable bonds is 4. The van der Waals surface area contributed by atoms with Gasteiger partial charge in [0.05, 0.1) is 0 Å². The summed E-state index contributed by atoms with van der Waals surface area (Å²) in [5.74, 6) is -1.59. The summed E-state index contributed by atoms with van der Waals surface area (Å²) in [5, 5.41) is 0.404. The fourth-order valence-electron chi connectivity index (χ4n) is 2.95. The topological polar surface area (TPSA) is 72.6 Å². The minimum Gasteiger partial charge on any atom is -0.436 e. The van der Waals surface area contributed by atoms with E-state index in [9.17, 15) is 22.8 Å². The number of carbonyl (C=O) groups excluding carboxylic acids is 2. The highest BCUT2D eigenvalue weighted by atomic mass is 35.5. The van der Waals surface area contributed by atoms with Gasteiger partial charge in [0, 0.05) is 23.4 Å². The maximum Gasteiger partial charge on any atom is 0.405 e. The number of ether oxygens (including phenoxy) is 1. The Morgan fingerprint density at radius 2 is 2.08 bits per heavy atom. The van der Waals surface area contributed by atoms with E-state index in [1.807, 2.05) is 0 Å². The lowest BCUT2D eigenvalue weighted by molar-refractivity contribution is -0.165. The number of likely N-dealkylation sites (tertiary alicyclic amines) is 1. The summed E-state index contributed by atoms with van der Waals surface area (Å²) < 4.78 is 44.3. The van der Waals surface area contributed by atoms with Crippen molar-refractivity contribution in [3.63, 3.8) is 0 Å². The van der Waals surface area contributed by atoms with Crippen LogP contribution in [0.15, 0.2) is 24.3 Å². The number of nitrogens with two attached hydrogens (primary N) is 1. The zero-order valence-corrected chi connectivity index (χ0v) is 13.4. The molecular formula is C15H16ClF3N2O3. The van der Waals surface area contributed by atoms with Crippen LogP contribution >= 0.6 is 11.6 Å². The normalized spacial score (nSPS) is 25.7. The Balaban J connectivity index is 2.40. The summed E-state index contributed by atoms with van der Waals surface area (Å²) in [6, 6.07) is 5.66. The number of primary amides is 1. The Bertz CT molecular complexity index is 632. The smallest absolute Gasteiger partial charge is 0.405 e. The fourth-order valence-corrected chi connectivity index (χ4v) is 3.15. The molecule has 1 heterocycles. The molecule has 0 spiro atoms. The Labute approximate surface area is 141 Å². The third-order valence-corrected chi connectivity index (χ3v) is 4.26. The van der Waals surface area contributed by atoms with Crippen LogP contribution in [0.1, 0.15) is 24.8 Å². The van der Waals surface area contributed by atoms with Crippen LogP contribution in [0.2, 0.25) is 5.02 Å². The standard InChI is InChI=1S/C15H16ClF3N2O3/c1-7-10(8-3-2-4-9(16)5-8)6-11(24-15(20)23)14(22)21(7)13(19)12(17)18/h2-5,7,10-13H,6H2,1H3,(H2,20,23). The monoisotopic (exact) mass is 364 g/mol. The third kappa shape index (κ3) is 3.75. The molecule has 4 unspecified atom stereocenters. The van der Waals surface area contributed by atoms with Crippen molar-refractivity contribution in [1.29, 1.82) is 0 Å². The molecule has 1 aliphatic heterocycles. The van der Waals surface area contributed by atoms with Gasteiger partial charge in [-0.1, -0.05) is 23.7 Å². The molecule has 1 fully saturated rings. The summed E-state index contributed by atoms with van der Waals surface area (Å²) in [6.07, 6.45) is -8.87. The number of alkyl halides is 3. The van der Waals surface area contributed by atoms with Gasteiger partial charge in [-0.3, -0.25) is 4.79 Å². The second-order valence-corrected chi connectivity index (χ2v) is 5.95. The average molecular weight is 365 g/mol. The molecule has 0 bridgehead atoms. The highest BCUT2D eigenvalue weighted by molar-refractivity contribution is 6.30. The van der Waals surface area contributed by atoms with E-state index in [1.54, 1.807) is 24.3 Å². The van der Waals surface area contributed by atoms with E-state index >= 15 is 0 Å². The lowest BCUT2D eigenvalue weighted by Gasteiger charge is -2.43. The van der Waals surface area contributed by atoms with Crippen molar-refractivity contribution in [3.05, 3.63) is 34.9 Å². The Kier molecular flexibility index (Phi) is 5.58. The van der Waals surface area contributed by atoms with Crippen LogP contribution in [0.25, 0.3) is 0 Å². The fraction of sp³-hybridized carbons (Fsp3) is 0.467. The molecule has 1 aromatic rings. The minimum absolute atomic E-state index is 0.00423. The Morgan fingerprint density at radius 1 is 1.42 bits per heavy atom. The summed E-state index contributed by atoms with van der Waals surface area (Å²) in [4.78, 5) is 23.6. The molecule has 2 amide bonds. The van der Waals surface area contributed by atoms with Crippen molar-refractivity contribution in [2.75, 3.05) is 0 Å². The first-order chi connectivity index (χ1) is 11.2. The molecule has 132 valence electrons. The van der Waals surface area contributed by atoms with Gasteiger partial charge in [0.25, 0.3) is 12.3 Å². The quantitative estimate of drug-likeness (QED) is 0.834. The van der Waals surface area contributed by atoms with Gasteiger partial charge in [-0.05, 0) is 24.6 Å². The lowest BCUT2D eigenvalue weighted by atomic mass is 9.82. The Morgan fingerprint density at radius 3 is 2.62 bits per heavy atom. The van der Waals surface area contributed by atoms with Crippen molar-refractivity contribution in [2.45, 2.75) is 44.1 Å². The molecule has 24 heavy (non-hydrogen) atoms. The molecule has 9 heteroatoms. The molecule has 1 aromatic carbocycles. The molecular weight excluding hydrogens is 349 g/mol. The number of benzene rings is 1. The molecule has 0 aliphatic carbocycles. The SMILES string of the molecule is CC1C(c2cccc(Cl)c2)CC(OC(N)=O)C(=O)N1C(F)C(F)F. The van der Waals surface area contributed by atoms with Gasteiger partial charge in [0.1, 0.15) is 0 Å². The second-order valence-electron chi connectivity index (χ2n) is 5.52. The number of hydrogen-bond acceptors (Lipinski definition) is 3. The highest BCUT2D eigenvalue weighted by Crippen LogP contribution is 2.37. The van der Waals surface area contributed by atoms with Crippen LogP contribution in [0.4, 0.5) is 18.0 Å². The van der Waals surface area contributed by atoms with Gasteiger partial charge in [-0.25, -0.2) is 18.0 Å². The molecule has 1 aliphatic rings. The maximum atomic E-state index is 13.9. The first-order valence-corrected chi connectivity index (χ1v) is 7.56. The van der Waals surface area contributed by atoms with E-state index in [0.29, 0.717) is 15.5 Å². The van der Waals surface area contributed by atoms with E-state index in [1.165, 1.54) is 6.92 Å². The van der Waals surface area contributed by atoms with E-state index < -0.39 is 42.8 Å². The van der Waals surface area contributed by atoms with E-state index in [4.69, 9.17) is 22.1 Å².